The van der Waals surface area contributed by atoms with Crippen LogP contribution in [0.25, 0.3) is 0 Å². The van der Waals surface area contributed by atoms with Crippen LogP contribution in [-0.2, 0) is 4.79 Å². The second-order valence-electron chi connectivity index (χ2n) is 5.62. The number of carbonyl (C=O) groups excluding carboxylic acids is 1. The van der Waals surface area contributed by atoms with E-state index in [0.717, 1.165) is 31.3 Å². The Morgan fingerprint density at radius 2 is 2.00 bits per heavy atom. The minimum absolute atomic E-state index is 0.116. The maximum Gasteiger partial charge on any atom is 0.164 e. The molecule has 0 aromatic rings. The summed E-state index contributed by atoms with van der Waals surface area (Å²) >= 11 is 0. The SMILES string of the molecule is CC(C)=CCCC1(C)CCC(C)=C(C)C1=O. The predicted octanol–water partition coefficient (Wildman–Crippen LogP) is 4.44. The van der Waals surface area contributed by atoms with E-state index in [1.807, 2.05) is 6.92 Å². The molecule has 0 saturated heterocycles. The highest BCUT2D eigenvalue weighted by atomic mass is 16.1. The van der Waals surface area contributed by atoms with E-state index in [1.165, 1.54) is 11.1 Å². The fourth-order valence-corrected chi connectivity index (χ4v) is 2.33. The molecule has 1 nitrogen and oxygen atoms in total. The van der Waals surface area contributed by atoms with Crippen molar-refractivity contribution in [2.75, 3.05) is 0 Å². The highest BCUT2D eigenvalue weighted by molar-refractivity contribution is 6.00. The molecule has 1 aliphatic rings. The minimum atomic E-state index is -0.116. The predicted molar refractivity (Wildman–Crippen MR) is 69.4 cm³/mol. The van der Waals surface area contributed by atoms with Gasteiger partial charge in [-0.15, -0.1) is 0 Å². The van der Waals surface area contributed by atoms with Crippen LogP contribution in [0.3, 0.4) is 0 Å². The summed E-state index contributed by atoms with van der Waals surface area (Å²) < 4.78 is 0. The van der Waals surface area contributed by atoms with E-state index in [9.17, 15) is 4.79 Å². The van der Waals surface area contributed by atoms with Crippen LogP contribution in [0.4, 0.5) is 0 Å². The molecule has 0 spiro atoms. The Hall–Kier alpha value is -0.850. The first kappa shape index (κ1) is 13.2. The highest BCUT2D eigenvalue weighted by Crippen LogP contribution is 2.39. The van der Waals surface area contributed by atoms with Crippen molar-refractivity contribution in [3.8, 4) is 0 Å². The lowest BCUT2D eigenvalue weighted by Crippen LogP contribution is -2.32. The Morgan fingerprint density at radius 1 is 1.38 bits per heavy atom. The van der Waals surface area contributed by atoms with Crippen LogP contribution in [0.2, 0.25) is 0 Å². The summed E-state index contributed by atoms with van der Waals surface area (Å²) in [5.41, 5.74) is 3.51. The average Bonchev–Trinajstić information content (AvgIpc) is 2.21. The third kappa shape index (κ3) is 2.84. The van der Waals surface area contributed by atoms with Gasteiger partial charge in [-0.2, -0.15) is 0 Å². The molecule has 0 heterocycles. The molecule has 0 fully saturated rings. The van der Waals surface area contributed by atoms with E-state index in [2.05, 4.69) is 33.8 Å². The van der Waals surface area contributed by atoms with Crippen molar-refractivity contribution < 1.29 is 4.79 Å². The Balaban J connectivity index is 2.73. The minimum Gasteiger partial charge on any atom is -0.294 e. The summed E-state index contributed by atoms with van der Waals surface area (Å²) in [4.78, 5) is 12.3. The van der Waals surface area contributed by atoms with Crippen molar-refractivity contribution >= 4 is 5.78 Å². The van der Waals surface area contributed by atoms with E-state index in [4.69, 9.17) is 0 Å². The van der Waals surface area contributed by atoms with Crippen LogP contribution in [0.15, 0.2) is 22.8 Å². The van der Waals surface area contributed by atoms with Crippen molar-refractivity contribution in [2.45, 2.75) is 60.3 Å². The zero-order chi connectivity index (χ0) is 12.3. The first-order valence-electron chi connectivity index (χ1n) is 6.21. The summed E-state index contributed by atoms with van der Waals surface area (Å²) in [7, 11) is 0. The maximum absolute atomic E-state index is 12.3. The van der Waals surface area contributed by atoms with Crippen molar-refractivity contribution in [1.82, 2.24) is 0 Å². The summed E-state index contributed by atoms with van der Waals surface area (Å²) in [5, 5.41) is 0. The van der Waals surface area contributed by atoms with Gasteiger partial charge >= 0.3 is 0 Å². The number of carbonyl (C=O) groups is 1. The van der Waals surface area contributed by atoms with E-state index in [-0.39, 0.29) is 5.41 Å². The van der Waals surface area contributed by atoms with Gasteiger partial charge in [0.2, 0.25) is 0 Å². The molecule has 0 aliphatic heterocycles. The molecule has 0 N–H and O–H groups in total. The van der Waals surface area contributed by atoms with Gasteiger partial charge in [0.15, 0.2) is 5.78 Å². The fourth-order valence-electron chi connectivity index (χ4n) is 2.33. The molecule has 16 heavy (non-hydrogen) atoms. The number of ketones is 1. The van der Waals surface area contributed by atoms with Gasteiger partial charge in [0, 0.05) is 5.41 Å². The number of rotatable bonds is 3. The molecular weight excluding hydrogens is 196 g/mol. The Morgan fingerprint density at radius 3 is 2.56 bits per heavy atom. The molecular formula is C15H24O. The number of hydrogen-bond donors (Lipinski definition) is 0. The van der Waals surface area contributed by atoms with Crippen molar-refractivity contribution in [3.05, 3.63) is 22.8 Å². The zero-order valence-corrected chi connectivity index (χ0v) is 11.3. The summed E-state index contributed by atoms with van der Waals surface area (Å²) in [6.45, 7) is 10.4. The summed E-state index contributed by atoms with van der Waals surface area (Å²) in [5.74, 6) is 0.374. The molecule has 1 atom stereocenters. The molecule has 1 unspecified atom stereocenters. The second kappa shape index (κ2) is 4.99. The van der Waals surface area contributed by atoms with Gasteiger partial charge in [-0.25, -0.2) is 0 Å². The van der Waals surface area contributed by atoms with Crippen LogP contribution in [-0.4, -0.2) is 5.78 Å². The lowest BCUT2D eigenvalue weighted by molar-refractivity contribution is -0.125. The van der Waals surface area contributed by atoms with Gasteiger partial charge in [0.25, 0.3) is 0 Å². The van der Waals surface area contributed by atoms with Gasteiger partial charge in [0.05, 0.1) is 0 Å². The molecule has 0 bridgehead atoms. The van der Waals surface area contributed by atoms with E-state index < -0.39 is 0 Å². The zero-order valence-electron chi connectivity index (χ0n) is 11.3. The Labute approximate surface area is 99.6 Å². The highest BCUT2D eigenvalue weighted by Gasteiger charge is 2.36. The molecule has 0 amide bonds. The van der Waals surface area contributed by atoms with Crippen molar-refractivity contribution in [2.24, 2.45) is 5.41 Å². The fraction of sp³-hybridized carbons (Fsp3) is 0.667. The number of hydrogen-bond acceptors (Lipinski definition) is 1. The molecule has 1 rings (SSSR count). The number of Topliss-reactive ketones (excluding diaryl/α,β-unsaturated/α-hetero) is 1. The topological polar surface area (TPSA) is 17.1 Å². The van der Waals surface area contributed by atoms with Crippen molar-refractivity contribution in [3.63, 3.8) is 0 Å². The second-order valence-corrected chi connectivity index (χ2v) is 5.62. The van der Waals surface area contributed by atoms with Crippen LogP contribution >= 0.6 is 0 Å². The van der Waals surface area contributed by atoms with Gasteiger partial charge in [-0.3, -0.25) is 4.79 Å². The van der Waals surface area contributed by atoms with Crippen LogP contribution in [0.5, 0.6) is 0 Å². The van der Waals surface area contributed by atoms with E-state index in [1.54, 1.807) is 0 Å². The van der Waals surface area contributed by atoms with Gasteiger partial charge in [-0.1, -0.05) is 24.1 Å². The lowest BCUT2D eigenvalue weighted by Gasteiger charge is -2.33. The summed E-state index contributed by atoms with van der Waals surface area (Å²) in [6, 6.07) is 0. The monoisotopic (exact) mass is 220 g/mol. The largest absolute Gasteiger partial charge is 0.294 e. The van der Waals surface area contributed by atoms with Crippen LogP contribution < -0.4 is 0 Å². The first-order chi connectivity index (χ1) is 7.37. The molecule has 0 saturated carbocycles. The molecule has 0 radical (unpaired) electrons. The van der Waals surface area contributed by atoms with E-state index >= 15 is 0 Å². The molecule has 1 heteroatoms. The molecule has 0 aromatic carbocycles. The number of allylic oxidation sites excluding steroid dienone is 4. The maximum atomic E-state index is 12.3. The molecule has 1 aliphatic carbocycles. The molecule has 90 valence electrons. The van der Waals surface area contributed by atoms with Gasteiger partial charge in [-0.05, 0) is 59.0 Å². The quantitative estimate of drug-likeness (QED) is 0.643. The normalized spacial score (nSPS) is 25.9. The molecule has 0 aromatic heterocycles. The lowest BCUT2D eigenvalue weighted by atomic mass is 9.70. The van der Waals surface area contributed by atoms with E-state index in [0.29, 0.717) is 5.78 Å². The average molecular weight is 220 g/mol. The third-order valence-electron chi connectivity index (χ3n) is 3.83. The summed E-state index contributed by atoms with van der Waals surface area (Å²) in [6.07, 6.45) is 6.35. The Kier molecular flexibility index (Phi) is 4.12. The van der Waals surface area contributed by atoms with Gasteiger partial charge < -0.3 is 0 Å². The van der Waals surface area contributed by atoms with Crippen LogP contribution in [0, 0.1) is 5.41 Å². The smallest absolute Gasteiger partial charge is 0.164 e. The van der Waals surface area contributed by atoms with Crippen molar-refractivity contribution in [1.29, 1.82) is 0 Å². The third-order valence-corrected chi connectivity index (χ3v) is 3.83. The first-order valence-corrected chi connectivity index (χ1v) is 6.21. The standard InChI is InChI=1S/C15H24O/c1-11(2)7-6-9-15(5)10-8-12(3)13(4)14(15)16/h7H,6,8-10H2,1-5H3. The Bertz CT molecular complexity index is 342. The van der Waals surface area contributed by atoms with Gasteiger partial charge in [0.1, 0.15) is 0 Å². The van der Waals surface area contributed by atoms with Crippen LogP contribution in [0.1, 0.15) is 60.3 Å².